The summed E-state index contributed by atoms with van der Waals surface area (Å²) in [5.74, 6) is 0. The number of hydrogen-bond acceptors (Lipinski definition) is 6. The third-order valence-corrected chi connectivity index (χ3v) is 6.28. The number of hydrogen-bond donors (Lipinski definition) is 1. The van der Waals surface area contributed by atoms with Crippen molar-refractivity contribution in [2.45, 2.75) is 36.8 Å². The number of piperidine rings is 1. The number of non-ortho nitro benzene ring substituents is 1. The van der Waals surface area contributed by atoms with Crippen molar-refractivity contribution in [1.82, 2.24) is 4.31 Å². The number of sulfonamides is 1. The lowest BCUT2D eigenvalue weighted by Crippen LogP contribution is -2.51. The zero-order valence-electron chi connectivity index (χ0n) is 13.1. The average Bonchev–Trinajstić information content (AvgIpc) is 2.54. The Morgan fingerprint density at radius 1 is 1.48 bits per heavy atom. The highest BCUT2D eigenvalue weighted by atomic mass is 32.2. The van der Waals surface area contributed by atoms with Crippen LogP contribution in [0.15, 0.2) is 23.1 Å². The molecule has 0 bridgehead atoms. The first-order valence-electron chi connectivity index (χ1n) is 7.31. The summed E-state index contributed by atoms with van der Waals surface area (Å²) in [5.41, 5.74) is 5.96. The minimum atomic E-state index is -3.85. The molecule has 0 amide bonds. The molecule has 0 aliphatic carbocycles. The molecular weight excluding hydrogens is 322 g/mol. The van der Waals surface area contributed by atoms with Crippen LogP contribution in [0.1, 0.15) is 18.4 Å². The van der Waals surface area contributed by atoms with Gasteiger partial charge in [0, 0.05) is 38.4 Å². The summed E-state index contributed by atoms with van der Waals surface area (Å²) < 4.78 is 32.5. The molecule has 1 heterocycles. The minimum absolute atomic E-state index is 0.0267. The molecule has 0 saturated carbocycles. The zero-order valence-corrected chi connectivity index (χ0v) is 14.0. The van der Waals surface area contributed by atoms with E-state index in [1.807, 2.05) is 0 Å². The van der Waals surface area contributed by atoms with Gasteiger partial charge in [0.25, 0.3) is 5.69 Å². The van der Waals surface area contributed by atoms with E-state index < -0.39 is 14.9 Å². The van der Waals surface area contributed by atoms with E-state index in [2.05, 4.69) is 0 Å². The maximum absolute atomic E-state index is 13.0. The van der Waals surface area contributed by atoms with E-state index in [4.69, 9.17) is 10.5 Å². The maximum atomic E-state index is 13.0. The van der Waals surface area contributed by atoms with Crippen molar-refractivity contribution >= 4 is 15.7 Å². The van der Waals surface area contributed by atoms with Gasteiger partial charge in [-0.15, -0.1) is 0 Å². The minimum Gasteiger partial charge on any atom is -0.381 e. The summed E-state index contributed by atoms with van der Waals surface area (Å²) >= 11 is 0. The van der Waals surface area contributed by atoms with Crippen molar-refractivity contribution in [1.29, 1.82) is 0 Å². The van der Waals surface area contributed by atoms with Gasteiger partial charge in [-0.3, -0.25) is 10.1 Å². The van der Waals surface area contributed by atoms with E-state index >= 15 is 0 Å². The zero-order chi connectivity index (χ0) is 17.2. The Kier molecular flexibility index (Phi) is 5.35. The van der Waals surface area contributed by atoms with Crippen LogP contribution in [0.3, 0.4) is 0 Å². The van der Waals surface area contributed by atoms with Crippen LogP contribution in [-0.2, 0) is 14.8 Å². The van der Waals surface area contributed by atoms with Crippen molar-refractivity contribution < 1.29 is 18.1 Å². The van der Waals surface area contributed by atoms with Gasteiger partial charge in [-0.05, 0) is 25.3 Å². The number of methoxy groups -OCH3 is 1. The van der Waals surface area contributed by atoms with Gasteiger partial charge >= 0.3 is 0 Å². The van der Waals surface area contributed by atoms with Crippen LogP contribution in [-0.4, -0.2) is 50.0 Å². The molecule has 1 aromatic rings. The van der Waals surface area contributed by atoms with Crippen molar-refractivity contribution in [3.63, 3.8) is 0 Å². The second kappa shape index (κ2) is 6.91. The van der Waals surface area contributed by atoms with Crippen molar-refractivity contribution in [2.75, 3.05) is 20.2 Å². The van der Waals surface area contributed by atoms with Gasteiger partial charge in [-0.25, -0.2) is 8.42 Å². The Bertz CT molecular complexity index is 692. The molecule has 2 N–H and O–H groups in total. The Hall–Kier alpha value is -1.55. The van der Waals surface area contributed by atoms with Gasteiger partial charge in [0.05, 0.1) is 15.9 Å². The molecule has 9 heteroatoms. The molecule has 0 spiro atoms. The molecule has 2 atom stereocenters. The number of ether oxygens (including phenoxy) is 1. The average molecular weight is 343 g/mol. The largest absolute Gasteiger partial charge is 0.381 e. The van der Waals surface area contributed by atoms with Crippen molar-refractivity contribution in [3.8, 4) is 0 Å². The molecule has 23 heavy (non-hydrogen) atoms. The van der Waals surface area contributed by atoms with Crippen molar-refractivity contribution in [3.05, 3.63) is 33.9 Å². The first-order valence-corrected chi connectivity index (χ1v) is 8.75. The fourth-order valence-corrected chi connectivity index (χ4v) is 4.75. The van der Waals surface area contributed by atoms with Crippen molar-refractivity contribution in [2.24, 2.45) is 5.73 Å². The lowest BCUT2D eigenvalue weighted by molar-refractivity contribution is -0.385. The van der Waals surface area contributed by atoms with Gasteiger partial charge in [-0.1, -0.05) is 6.07 Å². The number of nitro groups is 1. The molecule has 0 aromatic heterocycles. The van der Waals surface area contributed by atoms with Gasteiger partial charge in [0.15, 0.2) is 0 Å². The lowest BCUT2D eigenvalue weighted by atomic mass is 10.0. The molecule has 0 radical (unpaired) electrons. The number of nitrogens with zero attached hydrogens (tertiary/aromatic N) is 2. The molecule has 8 nitrogen and oxygen atoms in total. The molecule has 1 saturated heterocycles. The molecule has 2 rings (SSSR count). The summed E-state index contributed by atoms with van der Waals surface area (Å²) in [6, 6.07) is 3.48. The fraction of sp³-hybridized carbons (Fsp3) is 0.571. The van der Waals surface area contributed by atoms with Gasteiger partial charge in [0.2, 0.25) is 10.0 Å². The predicted molar refractivity (Wildman–Crippen MR) is 84.6 cm³/mol. The van der Waals surface area contributed by atoms with Gasteiger partial charge in [-0.2, -0.15) is 4.31 Å². The number of rotatable bonds is 5. The van der Waals surface area contributed by atoms with Crippen LogP contribution in [0.25, 0.3) is 0 Å². The normalized spacial score (nSPS) is 22.9. The van der Waals surface area contributed by atoms with Crippen LogP contribution in [0.4, 0.5) is 5.69 Å². The molecule has 1 fully saturated rings. The standard InChI is InChI=1S/C14H21N3O5S/c1-10-3-4-11(17(18)19)8-14(10)23(20,21)16-6-5-13(22-2)7-12(16)9-15/h3-4,8,12-13H,5-7,9,15H2,1-2H3. The highest BCUT2D eigenvalue weighted by Gasteiger charge is 2.37. The van der Waals surface area contributed by atoms with Crippen LogP contribution in [0.5, 0.6) is 0 Å². The molecular formula is C14H21N3O5S. The predicted octanol–water partition coefficient (Wildman–Crippen LogP) is 1.03. The molecule has 1 aromatic carbocycles. The highest BCUT2D eigenvalue weighted by Crippen LogP contribution is 2.29. The summed E-state index contributed by atoms with van der Waals surface area (Å²) in [6.07, 6.45) is 1.06. The van der Waals surface area contributed by atoms with Crippen LogP contribution < -0.4 is 5.73 Å². The Morgan fingerprint density at radius 3 is 2.74 bits per heavy atom. The SMILES string of the molecule is COC1CCN(S(=O)(=O)c2cc([N+](=O)[O-])ccc2C)C(CN)C1. The van der Waals surface area contributed by atoms with E-state index in [0.29, 0.717) is 18.4 Å². The quantitative estimate of drug-likeness (QED) is 0.630. The Morgan fingerprint density at radius 2 is 2.17 bits per heavy atom. The van der Waals surface area contributed by atoms with Crippen LogP contribution in [0.2, 0.25) is 0 Å². The third-order valence-electron chi connectivity index (χ3n) is 4.19. The second-order valence-corrected chi connectivity index (χ2v) is 7.45. The lowest BCUT2D eigenvalue weighted by Gasteiger charge is -2.37. The first-order chi connectivity index (χ1) is 10.8. The van der Waals surface area contributed by atoms with E-state index in [1.165, 1.54) is 16.4 Å². The van der Waals surface area contributed by atoms with Gasteiger partial charge in [0.1, 0.15) is 0 Å². The smallest absolute Gasteiger partial charge is 0.270 e. The van der Waals surface area contributed by atoms with E-state index in [1.54, 1.807) is 14.0 Å². The molecule has 1 aliphatic heterocycles. The third kappa shape index (κ3) is 3.52. The highest BCUT2D eigenvalue weighted by molar-refractivity contribution is 7.89. The molecule has 128 valence electrons. The van der Waals surface area contributed by atoms with Crippen LogP contribution >= 0.6 is 0 Å². The maximum Gasteiger partial charge on any atom is 0.270 e. The summed E-state index contributed by atoms with van der Waals surface area (Å²) in [7, 11) is -2.26. The second-order valence-electron chi connectivity index (χ2n) is 5.59. The Labute approximate surface area is 135 Å². The Balaban J connectivity index is 2.41. The number of nitro benzene ring substituents is 1. The van der Waals surface area contributed by atoms with Gasteiger partial charge < -0.3 is 10.5 Å². The fourth-order valence-electron chi connectivity index (χ4n) is 2.84. The number of aryl methyl sites for hydroxylation is 1. The van der Waals surface area contributed by atoms with Crippen LogP contribution in [0, 0.1) is 17.0 Å². The number of benzene rings is 1. The number of nitrogens with two attached hydrogens (primary N) is 1. The summed E-state index contributed by atoms with van der Waals surface area (Å²) in [6.45, 7) is 2.08. The van der Waals surface area contributed by atoms with E-state index in [-0.39, 0.29) is 35.8 Å². The first kappa shape index (κ1) is 17.8. The van der Waals surface area contributed by atoms with E-state index in [9.17, 15) is 18.5 Å². The van der Waals surface area contributed by atoms with E-state index in [0.717, 1.165) is 6.07 Å². The summed E-state index contributed by atoms with van der Waals surface area (Å²) in [4.78, 5) is 10.3. The topological polar surface area (TPSA) is 116 Å². The molecule has 1 aliphatic rings. The monoisotopic (exact) mass is 343 g/mol. The molecule has 2 unspecified atom stereocenters. The summed E-state index contributed by atoms with van der Waals surface area (Å²) in [5, 5.41) is 10.9.